The van der Waals surface area contributed by atoms with Gasteiger partial charge in [-0.25, -0.2) is 0 Å². The maximum absolute atomic E-state index is 12.9. The molecular formula is C27H27N3O4. The van der Waals surface area contributed by atoms with Gasteiger partial charge in [-0.3, -0.25) is 14.5 Å². The lowest BCUT2D eigenvalue weighted by molar-refractivity contribution is -0.118. The summed E-state index contributed by atoms with van der Waals surface area (Å²) in [6.07, 6.45) is 1.22. The molecular weight excluding hydrogens is 430 g/mol. The highest BCUT2D eigenvalue weighted by Gasteiger charge is 2.39. The Morgan fingerprint density at radius 1 is 1.00 bits per heavy atom. The van der Waals surface area contributed by atoms with E-state index in [1.165, 1.54) is 7.11 Å². The van der Waals surface area contributed by atoms with Crippen molar-refractivity contribution in [3.63, 3.8) is 0 Å². The maximum atomic E-state index is 12.9. The number of nitrogens with zero attached hydrogens (tertiary/aromatic N) is 1. The molecule has 2 aliphatic rings. The van der Waals surface area contributed by atoms with Crippen LogP contribution in [0.5, 0.6) is 5.75 Å². The summed E-state index contributed by atoms with van der Waals surface area (Å²) in [6.45, 7) is 1.75. The minimum absolute atomic E-state index is 0.139. The number of methoxy groups -OCH3 is 1. The Labute approximate surface area is 198 Å². The molecule has 0 aliphatic carbocycles. The number of carbonyl (C=O) groups excluding carboxylic acids is 2. The zero-order valence-corrected chi connectivity index (χ0v) is 19.0. The third kappa shape index (κ3) is 4.81. The summed E-state index contributed by atoms with van der Waals surface area (Å²) in [6, 6.07) is 23.1. The molecule has 2 bridgehead atoms. The van der Waals surface area contributed by atoms with Crippen molar-refractivity contribution in [2.24, 2.45) is 0 Å². The first-order valence-electron chi connectivity index (χ1n) is 11.4. The fraction of sp³-hybridized carbons (Fsp3) is 0.259. The third-order valence-electron chi connectivity index (χ3n) is 6.35. The van der Waals surface area contributed by atoms with Gasteiger partial charge in [0, 0.05) is 23.8 Å². The van der Waals surface area contributed by atoms with Crippen molar-refractivity contribution in [1.82, 2.24) is 4.90 Å². The van der Waals surface area contributed by atoms with Crippen LogP contribution < -0.4 is 15.4 Å². The first kappa shape index (κ1) is 22.1. The molecule has 0 aromatic heterocycles. The van der Waals surface area contributed by atoms with Crippen LogP contribution in [0, 0.1) is 0 Å². The first-order valence-corrected chi connectivity index (χ1v) is 11.4. The van der Waals surface area contributed by atoms with Crippen molar-refractivity contribution in [1.29, 1.82) is 0 Å². The van der Waals surface area contributed by atoms with Gasteiger partial charge in [0.05, 0.1) is 32.1 Å². The van der Waals surface area contributed by atoms with Gasteiger partial charge in [0.2, 0.25) is 5.91 Å². The number of morpholine rings is 1. The molecule has 0 radical (unpaired) electrons. The second-order valence-electron chi connectivity index (χ2n) is 8.64. The Hall–Kier alpha value is -3.68. The predicted molar refractivity (Wildman–Crippen MR) is 131 cm³/mol. The zero-order valence-electron chi connectivity index (χ0n) is 19.0. The van der Waals surface area contributed by atoms with Crippen LogP contribution in [0.15, 0.2) is 72.8 Å². The molecule has 0 spiro atoms. The molecule has 3 aromatic rings. The molecule has 3 aromatic carbocycles. The number of amides is 2. The molecule has 2 heterocycles. The largest absolute Gasteiger partial charge is 0.495 e. The Morgan fingerprint density at radius 3 is 2.44 bits per heavy atom. The molecule has 2 atom stereocenters. The molecule has 0 saturated carbocycles. The van der Waals surface area contributed by atoms with E-state index in [4.69, 9.17) is 9.47 Å². The number of hydrogen-bond donors (Lipinski definition) is 2. The molecule has 174 valence electrons. The molecule has 2 N–H and O–H groups in total. The molecule has 34 heavy (non-hydrogen) atoms. The van der Waals surface area contributed by atoms with Gasteiger partial charge in [-0.05, 0) is 47.9 Å². The number of benzene rings is 3. The second-order valence-corrected chi connectivity index (χ2v) is 8.64. The van der Waals surface area contributed by atoms with Crippen molar-refractivity contribution in [2.75, 3.05) is 37.4 Å². The average molecular weight is 458 g/mol. The van der Waals surface area contributed by atoms with Crippen LogP contribution >= 0.6 is 0 Å². The van der Waals surface area contributed by atoms with Gasteiger partial charge in [0.1, 0.15) is 5.75 Å². The number of fused-ring (bicyclic) bond motifs is 2. The van der Waals surface area contributed by atoms with Gasteiger partial charge in [-0.1, -0.05) is 42.5 Å². The van der Waals surface area contributed by atoms with E-state index >= 15 is 0 Å². The summed E-state index contributed by atoms with van der Waals surface area (Å²) in [7, 11) is 1.54. The van der Waals surface area contributed by atoms with E-state index in [9.17, 15) is 9.59 Å². The van der Waals surface area contributed by atoms with E-state index in [2.05, 4.69) is 15.5 Å². The van der Waals surface area contributed by atoms with Gasteiger partial charge in [0.25, 0.3) is 5.91 Å². The number of likely N-dealkylation sites (tertiary alicyclic amines) is 1. The second kappa shape index (κ2) is 9.67. The van der Waals surface area contributed by atoms with Crippen LogP contribution in [0.4, 0.5) is 11.4 Å². The number of anilines is 2. The predicted octanol–water partition coefficient (Wildman–Crippen LogP) is 4.03. The van der Waals surface area contributed by atoms with E-state index in [0.717, 1.165) is 24.1 Å². The van der Waals surface area contributed by atoms with Crippen molar-refractivity contribution in [3.05, 3.63) is 78.4 Å². The summed E-state index contributed by atoms with van der Waals surface area (Å²) in [4.78, 5) is 27.7. The Kier molecular flexibility index (Phi) is 6.29. The SMILES string of the molecule is COc1ccc(C(=O)Nc2ccc(-c3ccccc3)cc2)cc1NC(=O)CN1CC2C[C@H]1CO2. The Bertz CT molecular complexity index is 1180. The quantitative estimate of drug-likeness (QED) is 0.560. The van der Waals surface area contributed by atoms with Crippen molar-refractivity contribution in [2.45, 2.75) is 18.6 Å². The van der Waals surface area contributed by atoms with Crippen LogP contribution in [0.2, 0.25) is 0 Å². The van der Waals surface area contributed by atoms with E-state index in [0.29, 0.717) is 35.3 Å². The lowest BCUT2D eigenvalue weighted by atomic mass is 10.1. The molecule has 2 saturated heterocycles. The first-order chi connectivity index (χ1) is 16.6. The summed E-state index contributed by atoms with van der Waals surface area (Å²) in [5.41, 5.74) is 3.78. The number of ether oxygens (including phenoxy) is 2. The normalized spacial score (nSPS) is 19.1. The van der Waals surface area contributed by atoms with Crippen LogP contribution in [0.25, 0.3) is 11.1 Å². The molecule has 1 unspecified atom stereocenters. The van der Waals surface area contributed by atoms with Crippen molar-refractivity contribution >= 4 is 23.2 Å². The van der Waals surface area contributed by atoms with Gasteiger partial charge >= 0.3 is 0 Å². The van der Waals surface area contributed by atoms with E-state index in [1.807, 2.05) is 54.6 Å². The van der Waals surface area contributed by atoms with E-state index in [-0.39, 0.29) is 24.5 Å². The van der Waals surface area contributed by atoms with Crippen molar-refractivity contribution in [3.8, 4) is 16.9 Å². The Balaban J connectivity index is 1.25. The number of hydrogen-bond acceptors (Lipinski definition) is 5. The van der Waals surface area contributed by atoms with Crippen LogP contribution in [0.1, 0.15) is 16.8 Å². The highest BCUT2D eigenvalue weighted by molar-refractivity contribution is 6.06. The number of nitrogens with one attached hydrogen (secondary N) is 2. The zero-order chi connectivity index (χ0) is 23.5. The highest BCUT2D eigenvalue weighted by Crippen LogP contribution is 2.29. The highest BCUT2D eigenvalue weighted by atomic mass is 16.5. The standard InChI is InChI=1S/C27H27N3O4/c1-33-25-12-9-20(13-24(25)29-26(31)16-30-15-23-14-22(30)17-34-23)27(32)28-21-10-7-19(8-11-21)18-5-3-2-4-6-18/h2-13,22-23H,14-17H2,1H3,(H,28,32)(H,29,31)/t22-,23?/m0/s1. The lowest BCUT2D eigenvalue weighted by Crippen LogP contribution is -2.41. The summed E-state index contributed by atoms with van der Waals surface area (Å²) < 4.78 is 11.0. The van der Waals surface area contributed by atoms with Crippen molar-refractivity contribution < 1.29 is 19.1 Å². The molecule has 2 aliphatic heterocycles. The fourth-order valence-electron chi connectivity index (χ4n) is 4.57. The van der Waals surface area contributed by atoms with E-state index < -0.39 is 0 Å². The molecule has 2 amide bonds. The van der Waals surface area contributed by atoms with E-state index in [1.54, 1.807) is 18.2 Å². The monoisotopic (exact) mass is 457 g/mol. The van der Waals surface area contributed by atoms with Gasteiger partial charge in [-0.15, -0.1) is 0 Å². The third-order valence-corrected chi connectivity index (χ3v) is 6.35. The average Bonchev–Trinajstić information content (AvgIpc) is 3.48. The van der Waals surface area contributed by atoms with Crippen LogP contribution in [0.3, 0.4) is 0 Å². The Morgan fingerprint density at radius 2 is 1.76 bits per heavy atom. The molecule has 7 heteroatoms. The smallest absolute Gasteiger partial charge is 0.255 e. The minimum Gasteiger partial charge on any atom is -0.495 e. The van der Waals surface area contributed by atoms with Crippen LogP contribution in [-0.2, 0) is 9.53 Å². The van der Waals surface area contributed by atoms with Gasteiger partial charge in [0.15, 0.2) is 0 Å². The van der Waals surface area contributed by atoms with Crippen LogP contribution in [-0.4, -0.2) is 55.7 Å². The topological polar surface area (TPSA) is 79.9 Å². The summed E-state index contributed by atoms with van der Waals surface area (Å²) in [5.74, 6) is 0.0999. The number of carbonyl (C=O) groups is 2. The molecule has 2 fully saturated rings. The molecule has 7 nitrogen and oxygen atoms in total. The fourth-order valence-corrected chi connectivity index (χ4v) is 4.57. The van der Waals surface area contributed by atoms with Gasteiger partial charge in [-0.2, -0.15) is 0 Å². The minimum atomic E-state index is -0.264. The number of rotatable bonds is 7. The lowest BCUT2D eigenvalue weighted by Gasteiger charge is -2.26. The summed E-state index contributed by atoms with van der Waals surface area (Å²) >= 11 is 0. The van der Waals surface area contributed by atoms with Gasteiger partial charge < -0.3 is 20.1 Å². The summed E-state index contributed by atoms with van der Waals surface area (Å²) in [5, 5.41) is 5.82. The maximum Gasteiger partial charge on any atom is 0.255 e. The molecule has 5 rings (SSSR count).